The summed E-state index contributed by atoms with van der Waals surface area (Å²) in [5.41, 5.74) is 0. The van der Waals surface area contributed by atoms with Crippen LogP contribution < -0.4 is 4.74 Å². The number of para-hydroxylation sites is 1. The summed E-state index contributed by atoms with van der Waals surface area (Å²) < 4.78 is 5.73. The van der Waals surface area contributed by atoms with Crippen LogP contribution in [0.1, 0.15) is 19.3 Å². The predicted molar refractivity (Wildman–Crippen MR) is 72.0 cm³/mol. The van der Waals surface area contributed by atoms with Gasteiger partial charge in [-0.2, -0.15) is 0 Å². The number of alkyl halides is 1. The normalized spacial score (nSPS) is 19.6. The summed E-state index contributed by atoms with van der Waals surface area (Å²) in [6.45, 7) is 1.35. The van der Waals surface area contributed by atoms with Crippen LogP contribution in [0, 0.1) is 0 Å². The van der Waals surface area contributed by atoms with Crippen LogP contribution in [0.3, 0.4) is 0 Å². The van der Waals surface area contributed by atoms with Gasteiger partial charge in [-0.05, 0) is 31.4 Å². The van der Waals surface area contributed by atoms with E-state index in [1.54, 1.807) is 0 Å². The molecular weight excluding hydrogens is 250 g/mol. The van der Waals surface area contributed by atoms with Gasteiger partial charge in [0.05, 0.1) is 6.04 Å². The molecule has 1 aromatic carbocycles. The molecule has 1 amide bonds. The molecule has 0 saturated carbocycles. The molecule has 1 unspecified atom stereocenters. The lowest BCUT2D eigenvalue weighted by Gasteiger charge is -2.35. The Morgan fingerprint density at radius 1 is 1.33 bits per heavy atom. The van der Waals surface area contributed by atoms with Gasteiger partial charge >= 0.3 is 0 Å². The maximum atomic E-state index is 11.7. The number of piperidine rings is 1. The molecule has 0 aromatic heterocycles. The topological polar surface area (TPSA) is 29.5 Å². The first-order valence-electron chi connectivity index (χ1n) is 6.34. The Labute approximate surface area is 113 Å². The first kappa shape index (κ1) is 13.2. The lowest BCUT2D eigenvalue weighted by Crippen LogP contribution is -2.47. The maximum absolute atomic E-state index is 11.7. The minimum Gasteiger partial charge on any atom is -0.491 e. The number of ether oxygens (including phenoxy) is 1. The van der Waals surface area contributed by atoms with Gasteiger partial charge in [0, 0.05) is 6.54 Å². The van der Waals surface area contributed by atoms with E-state index in [2.05, 4.69) is 0 Å². The third kappa shape index (κ3) is 3.39. The van der Waals surface area contributed by atoms with Crippen molar-refractivity contribution in [2.75, 3.05) is 19.0 Å². The molecule has 1 atom stereocenters. The first-order chi connectivity index (χ1) is 8.81. The van der Waals surface area contributed by atoms with Crippen LogP contribution in [0.2, 0.25) is 0 Å². The quantitative estimate of drug-likeness (QED) is 0.785. The van der Waals surface area contributed by atoms with E-state index in [0.717, 1.165) is 31.6 Å². The van der Waals surface area contributed by atoms with Gasteiger partial charge in [-0.25, -0.2) is 0 Å². The number of amides is 1. The summed E-state index contributed by atoms with van der Waals surface area (Å²) in [6.07, 6.45) is 3.20. The van der Waals surface area contributed by atoms with Crippen LogP contribution in [0.15, 0.2) is 30.3 Å². The Bertz CT molecular complexity index is 383. The second-order valence-corrected chi connectivity index (χ2v) is 4.76. The van der Waals surface area contributed by atoms with Crippen molar-refractivity contribution in [2.45, 2.75) is 25.3 Å². The summed E-state index contributed by atoms with van der Waals surface area (Å²) in [4.78, 5) is 13.6. The average molecular weight is 268 g/mol. The van der Waals surface area contributed by atoms with Crippen LogP contribution in [0.4, 0.5) is 0 Å². The van der Waals surface area contributed by atoms with Crippen LogP contribution in [-0.2, 0) is 4.79 Å². The summed E-state index contributed by atoms with van der Waals surface area (Å²) in [6, 6.07) is 9.85. The number of likely N-dealkylation sites (tertiary alicyclic amines) is 1. The highest BCUT2D eigenvalue weighted by molar-refractivity contribution is 6.27. The number of carbonyl (C=O) groups is 1. The molecule has 1 aliphatic rings. The van der Waals surface area contributed by atoms with E-state index in [0.29, 0.717) is 6.61 Å². The molecule has 18 heavy (non-hydrogen) atoms. The Morgan fingerprint density at radius 2 is 2.11 bits per heavy atom. The summed E-state index contributed by atoms with van der Waals surface area (Å²) in [5, 5.41) is 0. The Balaban J connectivity index is 1.91. The number of benzene rings is 1. The molecule has 0 N–H and O–H groups in total. The van der Waals surface area contributed by atoms with Crippen LogP contribution >= 0.6 is 11.6 Å². The van der Waals surface area contributed by atoms with Gasteiger partial charge in [0.25, 0.3) is 0 Å². The molecular formula is C14H18ClNO2. The average Bonchev–Trinajstić information content (AvgIpc) is 2.45. The molecule has 3 nitrogen and oxygen atoms in total. The first-order valence-corrected chi connectivity index (χ1v) is 6.88. The Hall–Kier alpha value is -1.22. The molecule has 2 rings (SSSR count). The highest BCUT2D eigenvalue weighted by atomic mass is 35.5. The van der Waals surface area contributed by atoms with Gasteiger partial charge in [-0.15, -0.1) is 11.6 Å². The van der Waals surface area contributed by atoms with Gasteiger partial charge in [0.1, 0.15) is 18.2 Å². The summed E-state index contributed by atoms with van der Waals surface area (Å²) >= 11 is 5.64. The summed E-state index contributed by atoms with van der Waals surface area (Å²) in [7, 11) is 0. The van der Waals surface area contributed by atoms with E-state index in [1.165, 1.54) is 0 Å². The van der Waals surface area contributed by atoms with E-state index in [-0.39, 0.29) is 17.8 Å². The second kappa shape index (κ2) is 6.64. The fraction of sp³-hybridized carbons (Fsp3) is 0.500. The highest BCUT2D eigenvalue weighted by Gasteiger charge is 2.26. The van der Waals surface area contributed by atoms with Crippen molar-refractivity contribution < 1.29 is 9.53 Å². The minimum absolute atomic E-state index is 0.0121. The molecule has 4 heteroatoms. The zero-order chi connectivity index (χ0) is 12.8. The van der Waals surface area contributed by atoms with Gasteiger partial charge < -0.3 is 9.64 Å². The van der Waals surface area contributed by atoms with E-state index < -0.39 is 0 Å². The largest absolute Gasteiger partial charge is 0.491 e. The highest BCUT2D eigenvalue weighted by Crippen LogP contribution is 2.19. The molecule has 0 spiro atoms. The fourth-order valence-corrected chi connectivity index (χ4v) is 2.44. The molecule has 1 aromatic rings. The maximum Gasteiger partial charge on any atom is 0.237 e. The fourth-order valence-electron chi connectivity index (χ4n) is 2.29. The SMILES string of the molecule is O=C(CCl)N1CCCCC1COc1ccccc1. The van der Waals surface area contributed by atoms with Crippen molar-refractivity contribution in [3.8, 4) is 5.75 Å². The lowest BCUT2D eigenvalue weighted by molar-refractivity contribution is -0.132. The zero-order valence-electron chi connectivity index (χ0n) is 10.3. The van der Waals surface area contributed by atoms with E-state index in [4.69, 9.17) is 16.3 Å². The van der Waals surface area contributed by atoms with E-state index in [1.807, 2.05) is 35.2 Å². The number of hydrogen-bond acceptors (Lipinski definition) is 2. The van der Waals surface area contributed by atoms with Crippen molar-refractivity contribution in [1.29, 1.82) is 0 Å². The molecule has 1 heterocycles. The van der Waals surface area contributed by atoms with Gasteiger partial charge in [-0.1, -0.05) is 18.2 Å². The molecule has 0 aliphatic carbocycles. The molecule has 0 radical (unpaired) electrons. The predicted octanol–water partition coefficient (Wildman–Crippen LogP) is 2.69. The second-order valence-electron chi connectivity index (χ2n) is 4.49. The minimum atomic E-state index is 0.0121. The van der Waals surface area contributed by atoms with Gasteiger partial charge in [0.15, 0.2) is 0 Å². The van der Waals surface area contributed by atoms with E-state index in [9.17, 15) is 4.79 Å². The Morgan fingerprint density at radius 3 is 2.83 bits per heavy atom. The van der Waals surface area contributed by atoms with Crippen molar-refractivity contribution in [3.05, 3.63) is 30.3 Å². The number of hydrogen-bond donors (Lipinski definition) is 0. The third-order valence-corrected chi connectivity index (χ3v) is 3.48. The zero-order valence-corrected chi connectivity index (χ0v) is 11.1. The Kier molecular flexibility index (Phi) is 4.88. The van der Waals surface area contributed by atoms with Crippen molar-refractivity contribution in [2.24, 2.45) is 0 Å². The van der Waals surface area contributed by atoms with Crippen LogP contribution in [0.25, 0.3) is 0 Å². The standard InChI is InChI=1S/C14H18ClNO2/c15-10-14(17)16-9-5-4-6-12(16)11-18-13-7-2-1-3-8-13/h1-3,7-8,12H,4-6,9-11H2. The summed E-state index contributed by atoms with van der Waals surface area (Å²) in [5.74, 6) is 0.918. The molecule has 98 valence electrons. The molecule has 0 bridgehead atoms. The third-order valence-electron chi connectivity index (χ3n) is 3.25. The molecule has 1 fully saturated rings. The number of nitrogens with zero attached hydrogens (tertiary/aromatic N) is 1. The number of carbonyl (C=O) groups excluding carboxylic acids is 1. The lowest BCUT2D eigenvalue weighted by atomic mass is 10.0. The smallest absolute Gasteiger partial charge is 0.237 e. The molecule has 1 saturated heterocycles. The van der Waals surface area contributed by atoms with E-state index >= 15 is 0 Å². The molecule has 1 aliphatic heterocycles. The van der Waals surface area contributed by atoms with Crippen molar-refractivity contribution in [3.63, 3.8) is 0 Å². The number of halogens is 1. The van der Waals surface area contributed by atoms with Gasteiger partial charge in [-0.3, -0.25) is 4.79 Å². The van der Waals surface area contributed by atoms with Crippen molar-refractivity contribution in [1.82, 2.24) is 4.90 Å². The van der Waals surface area contributed by atoms with Gasteiger partial charge in [0.2, 0.25) is 5.91 Å². The number of rotatable bonds is 4. The van der Waals surface area contributed by atoms with Crippen LogP contribution in [-0.4, -0.2) is 35.9 Å². The van der Waals surface area contributed by atoms with Crippen LogP contribution in [0.5, 0.6) is 5.75 Å². The monoisotopic (exact) mass is 267 g/mol. The van der Waals surface area contributed by atoms with Crippen molar-refractivity contribution >= 4 is 17.5 Å².